The molecule has 1 heterocycles. The fraction of sp³-hybridized carbons (Fsp3) is 0.667. The lowest BCUT2D eigenvalue weighted by Crippen LogP contribution is -2.64. The van der Waals surface area contributed by atoms with E-state index in [4.69, 9.17) is 16.7 Å². The normalized spacial score (nSPS) is 31.1. The molecule has 134 valence electrons. The van der Waals surface area contributed by atoms with Gasteiger partial charge in [-0.25, -0.2) is 4.90 Å². The van der Waals surface area contributed by atoms with Crippen molar-refractivity contribution in [1.82, 2.24) is 14.7 Å². The van der Waals surface area contributed by atoms with Gasteiger partial charge in [-0.3, -0.25) is 14.4 Å². The number of amides is 2. The number of rotatable bonds is 4. The summed E-state index contributed by atoms with van der Waals surface area (Å²) in [5.41, 5.74) is -1.66. The number of carboxylic acids is 1. The highest BCUT2D eigenvalue weighted by molar-refractivity contribution is 6.29. The van der Waals surface area contributed by atoms with Crippen LogP contribution in [0.15, 0.2) is 11.1 Å². The Morgan fingerprint density at radius 3 is 2.54 bits per heavy atom. The summed E-state index contributed by atoms with van der Waals surface area (Å²) in [6.45, 7) is -0.530. The Morgan fingerprint density at radius 2 is 2.08 bits per heavy atom. The zero-order valence-corrected chi connectivity index (χ0v) is 14.7. The molecule has 2 amide bonds. The van der Waals surface area contributed by atoms with E-state index in [0.717, 1.165) is 9.80 Å². The van der Waals surface area contributed by atoms with Crippen molar-refractivity contribution in [1.29, 1.82) is 0 Å². The summed E-state index contributed by atoms with van der Waals surface area (Å²) in [5.74, 6) is -2.81. The Bertz CT molecular complexity index is 596. The monoisotopic (exact) mass is 359 g/mol. The minimum absolute atomic E-state index is 0.324. The Morgan fingerprint density at radius 1 is 1.46 bits per heavy atom. The first-order chi connectivity index (χ1) is 11.1. The number of nitrogens with zero attached hydrogens (tertiary/aromatic N) is 3. The third-order valence-corrected chi connectivity index (χ3v) is 5.16. The Hall–Kier alpha value is -1.64. The highest BCUT2D eigenvalue weighted by Gasteiger charge is 2.64. The van der Waals surface area contributed by atoms with Gasteiger partial charge < -0.3 is 20.0 Å². The van der Waals surface area contributed by atoms with Crippen LogP contribution in [-0.2, 0) is 14.4 Å². The molecule has 3 unspecified atom stereocenters. The third kappa shape index (κ3) is 2.78. The molecule has 1 aliphatic heterocycles. The first kappa shape index (κ1) is 18.7. The lowest BCUT2D eigenvalue weighted by molar-refractivity contribution is -0.158. The van der Waals surface area contributed by atoms with Crippen molar-refractivity contribution < 1.29 is 24.6 Å². The van der Waals surface area contributed by atoms with Crippen LogP contribution < -0.4 is 0 Å². The van der Waals surface area contributed by atoms with Crippen molar-refractivity contribution in [3.8, 4) is 0 Å². The molecule has 8 nitrogen and oxygen atoms in total. The van der Waals surface area contributed by atoms with E-state index in [0.29, 0.717) is 24.3 Å². The molecule has 2 N–H and O–H groups in total. The molecule has 0 spiro atoms. The third-order valence-electron chi connectivity index (χ3n) is 4.85. The van der Waals surface area contributed by atoms with Crippen LogP contribution in [0.25, 0.3) is 0 Å². The van der Waals surface area contributed by atoms with Crippen LogP contribution in [0.4, 0.5) is 0 Å². The predicted octanol–water partition coefficient (Wildman–Crippen LogP) is -0.129. The number of hydrogen-bond acceptors (Lipinski definition) is 5. The summed E-state index contributed by atoms with van der Waals surface area (Å²) in [6.07, 6.45) is 2.06. The minimum Gasteiger partial charge on any atom is -0.480 e. The quantitative estimate of drug-likeness (QED) is 0.678. The van der Waals surface area contributed by atoms with E-state index in [2.05, 4.69) is 0 Å². The molecular weight excluding hydrogens is 338 g/mol. The number of allylic oxidation sites excluding steroid dienone is 2. The molecule has 2 rings (SSSR count). The van der Waals surface area contributed by atoms with E-state index >= 15 is 0 Å². The summed E-state index contributed by atoms with van der Waals surface area (Å²) < 4.78 is 0. The number of likely N-dealkylation sites (N-methyl/N-ethyl adjacent to an activating group) is 3. The second-order valence-corrected chi connectivity index (χ2v) is 6.81. The van der Waals surface area contributed by atoms with E-state index in [1.54, 1.807) is 0 Å². The minimum atomic E-state index is -1.66. The first-order valence-corrected chi connectivity index (χ1v) is 8.02. The van der Waals surface area contributed by atoms with E-state index in [1.165, 1.54) is 26.0 Å². The van der Waals surface area contributed by atoms with E-state index in [1.807, 2.05) is 6.08 Å². The standard InChI is InChI=1S/C15H22ClN3O5/c1-17(8-11(20)21)12(22)15(9-5-4-6-10(16)7-9)13(23)18(2)14(24)19(15)3/h6,9,14,24H,4-5,7-8H2,1-3H3,(H,20,21). The predicted molar refractivity (Wildman–Crippen MR) is 85.8 cm³/mol. The SMILES string of the molecule is CN(CC(=O)O)C(=O)C1(C2CCC=C(Cl)C2)C(=O)N(C)C(O)N1C. The molecule has 0 saturated carbocycles. The molecule has 0 aromatic heterocycles. The number of aliphatic hydroxyl groups excluding tert-OH is 1. The summed E-state index contributed by atoms with van der Waals surface area (Å²) in [4.78, 5) is 40.5. The molecule has 0 aromatic carbocycles. The fourth-order valence-electron chi connectivity index (χ4n) is 3.63. The lowest BCUT2D eigenvalue weighted by atomic mass is 9.74. The number of hydrogen-bond donors (Lipinski definition) is 2. The van der Waals surface area contributed by atoms with Crippen LogP contribution in [0.1, 0.15) is 19.3 Å². The van der Waals surface area contributed by atoms with Gasteiger partial charge in [0, 0.05) is 25.0 Å². The van der Waals surface area contributed by atoms with Gasteiger partial charge in [0.25, 0.3) is 11.8 Å². The fourth-order valence-corrected chi connectivity index (χ4v) is 3.93. The van der Waals surface area contributed by atoms with Crippen molar-refractivity contribution in [2.75, 3.05) is 27.7 Å². The zero-order chi connectivity index (χ0) is 18.2. The maximum atomic E-state index is 13.1. The smallest absolute Gasteiger partial charge is 0.323 e. The van der Waals surface area contributed by atoms with Gasteiger partial charge in [-0.15, -0.1) is 0 Å². The number of aliphatic hydroxyl groups is 1. The van der Waals surface area contributed by atoms with Crippen molar-refractivity contribution >= 4 is 29.4 Å². The van der Waals surface area contributed by atoms with Crippen LogP contribution in [0.3, 0.4) is 0 Å². The number of halogens is 1. The van der Waals surface area contributed by atoms with Gasteiger partial charge in [-0.2, -0.15) is 0 Å². The number of aliphatic carboxylic acids is 1. The van der Waals surface area contributed by atoms with E-state index < -0.39 is 42.1 Å². The summed E-state index contributed by atoms with van der Waals surface area (Å²) in [7, 11) is 4.24. The van der Waals surface area contributed by atoms with Crippen LogP contribution in [-0.4, -0.2) is 82.3 Å². The highest BCUT2D eigenvalue weighted by atomic mass is 35.5. The van der Waals surface area contributed by atoms with Gasteiger partial charge in [0.1, 0.15) is 6.54 Å². The molecule has 3 atom stereocenters. The number of carbonyl (C=O) groups excluding carboxylic acids is 2. The average molecular weight is 360 g/mol. The van der Waals surface area contributed by atoms with Gasteiger partial charge in [-0.1, -0.05) is 17.7 Å². The first-order valence-electron chi connectivity index (χ1n) is 7.64. The van der Waals surface area contributed by atoms with Crippen molar-refractivity contribution in [3.63, 3.8) is 0 Å². The van der Waals surface area contributed by atoms with Crippen LogP contribution in [0.2, 0.25) is 0 Å². The molecule has 24 heavy (non-hydrogen) atoms. The van der Waals surface area contributed by atoms with Gasteiger partial charge >= 0.3 is 5.97 Å². The summed E-state index contributed by atoms with van der Waals surface area (Å²) >= 11 is 6.12. The molecule has 0 bridgehead atoms. The Labute approximate surface area is 145 Å². The molecule has 1 fully saturated rings. The van der Waals surface area contributed by atoms with Crippen LogP contribution in [0, 0.1) is 5.92 Å². The second kappa shape index (κ2) is 6.70. The summed E-state index contributed by atoms with van der Waals surface area (Å²) in [6, 6.07) is 0. The highest BCUT2D eigenvalue weighted by Crippen LogP contribution is 2.43. The second-order valence-electron chi connectivity index (χ2n) is 6.32. The maximum absolute atomic E-state index is 13.1. The van der Waals surface area contributed by atoms with Gasteiger partial charge in [0.15, 0.2) is 11.9 Å². The van der Waals surface area contributed by atoms with Gasteiger partial charge in [0.2, 0.25) is 0 Å². The topological polar surface area (TPSA) is 101 Å². The molecule has 1 saturated heterocycles. The van der Waals surface area contributed by atoms with Gasteiger partial charge in [-0.05, 0) is 26.3 Å². The molecular formula is C15H22ClN3O5. The van der Waals surface area contributed by atoms with Crippen molar-refractivity contribution in [2.24, 2.45) is 5.92 Å². The average Bonchev–Trinajstić information content (AvgIpc) is 2.68. The number of carbonyl (C=O) groups is 3. The zero-order valence-electron chi connectivity index (χ0n) is 13.9. The molecule has 1 aliphatic carbocycles. The molecule has 2 aliphatic rings. The molecule has 9 heteroatoms. The summed E-state index contributed by atoms with van der Waals surface area (Å²) in [5, 5.41) is 19.8. The van der Waals surface area contributed by atoms with Crippen molar-refractivity contribution in [2.45, 2.75) is 31.2 Å². The van der Waals surface area contributed by atoms with Crippen LogP contribution >= 0.6 is 11.6 Å². The van der Waals surface area contributed by atoms with E-state index in [9.17, 15) is 19.5 Å². The maximum Gasteiger partial charge on any atom is 0.323 e. The Kier molecular flexibility index (Phi) is 5.22. The Balaban J connectivity index is 2.50. The van der Waals surface area contributed by atoms with E-state index in [-0.39, 0.29) is 0 Å². The van der Waals surface area contributed by atoms with Gasteiger partial charge in [0.05, 0.1) is 0 Å². The van der Waals surface area contributed by atoms with Crippen LogP contribution in [0.5, 0.6) is 0 Å². The lowest BCUT2D eigenvalue weighted by Gasteiger charge is -2.41. The molecule has 0 radical (unpaired) electrons. The number of carboxylic acid groups (broad SMARTS) is 1. The molecule has 0 aromatic rings. The largest absolute Gasteiger partial charge is 0.480 e. The van der Waals surface area contributed by atoms with Crippen molar-refractivity contribution in [3.05, 3.63) is 11.1 Å².